The monoisotopic (exact) mass is 489 g/mol. The highest BCUT2D eigenvalue weighted by Gasteiger charge is 2.21. The second kappa shape index (κ2) is 11.3. The van der Waals surface area contributed by atoms with Crippen molar-refractivity contribution < 1.29 is 27.6 Å². The molecule has 0 spiro atoms. The van der Waals surface area contributed by atoms with Gasteiger partial charge in [0.1, 0.15) is 0 Å². The molecule has 3 amide bonds. The van der Waals surface area contributed by atoms with E-state index in [2.05, 4.69) is 16.0 Å². The van der Waals surface area contributed by atoms with E-state index in [1.807, 2.05) is 0 Å². The molecule has 176 valence electrons. The van der Waals surface area contributed by atoms with Crippen LogP contribution in [0.5, 0.6) is 0 Å². The molecule has 0 unspecified atom stereocenters. The van der Waals surface area contributed by atoms with E-state index >= 15 is 0 Å². The minimum atomic E-state index is -1.72. The Morgan fingerprint density at radius 1 is 0.824 bits per heavy atom. The zero-order chi connectivity index (χ0) is 24.7. The van der Waals surface area contributed by atoms with Gasteiger partial charge in [0.05, 0.1) is 35.3 Å². The van der Waals surface area contributed by atoms with Gasteiger partial charge in [0.25, 0.3) is 5.91 Å². The van der Waals surface area contributed by atoms with Crippen LogP contribution >= 0.6 is 11.6 Å². The van der Waals surface area contributed by atoms with Gasteiger partial charge in [-0.1, -0.05) is 54.1 Å². The molecule has 0 aliphatic rings. The van der Waals surface area contributed by atoms with E-state index in [9.17, 15) is 27.6 Å². The second-order valence-corrected chi connectivity index (χ2v) is 7.58. The fourth-order valence-electron chi connectivity index (χ4n) is 3.07. The summed E-state index contributed by atoms with van der Waals surface area (Å²) < 4.78 is 40.0. The topological polar surface area (TPSA) is 87.3 Å². The average Bonchev–Trinajstić information content (AvgIpc) is 2.83. The largest absolute Gasteiger partial charge is 0.347 e. The molecule has 3 aromatic rings. The molecule has 0 saturated carbocycles. The molecule has 0 heterocycles. The average molecular weight is 490 g/mol. The molecule has 0 saturated heterocycles. The first kappa shape index (κ1) is 24.8. The van der Waals surface area contributed by atoms with Gasteiger partial charge < -0.3 is 16.0 Å². The molecular weight excluding hydrogens is 471 g/mol. The minimum absolute atomic E-state index is 0.215. The number of benzene rings is 3. The molecule has 1 atom stereocenters. The lowest BCUT2D eigenvalue weighted by molar-refractivity contribution is -0.124. The maximum absolute atomic E-state index is 13.7. The summed E-state index contributed by atoms with van der Waals surface area (Å²) >= 11 is 6.08. The van der Waals surface area contributed by atoms with Gasteiger partial charge in [0.15, 0.2) is 17.5 Å². The van der Waals surface area contributed by atoms with Crippen LogP contribution in [0.4, 0.5) is 18.9 Å². The molecule has 3 N–H and O–H groups in total. The van der Waals surface area contributed by atoms with Crippen LogP contribution in [0, 0.1) is 17.5 Å². The second-order valence-electron chi connectivity index (χ2n) is 7.17. The van der Waals surface area contributed by atoms with Crippen molar-refractivity contribution in [1.29, 1.82) is 0 Å². The maximum atomic E-state index is 13.7. The lowest BCUT2D eigenvalue weighted by Gasteiger charge is -2.19. The van der Waals surface area contributed by atoms with E-state index < -0.39 is 53.4 Å². The van der Waals surface area contributed by atoms with Gasteiger partial charge in [-0.05, 0) is 29.8 Å². The number of nitrogens with one attached hydrogen (secondary N) is 3. The van der Waals surface area contributed by atoms with Crippen LogP contribution in [0.3, 0.4) is 0 Å². The number of hydrogen-bond donors (Lipinski definition) is 3. The Morgan fingerprint density at radius 2 is 1.50 bits per heavy atom. The molecular formula is C24H19ClF3N3O3. The van der Waals surface area contributed by atoms with Gasteiger partial charge in [0.2, 0.25) is 11.8 Å². The Balaban J connectivity index is 1.63. The van der Waals surface area contributed by atoms with E-state index in [1.165, 1.54) is 0 Å². The SMILES string of the molecule is O=C(C[C@@H](NC(=O)c1ccccc1Cl)c1ccccc1)NCC(=O)Nc1ccc(F)c(F)c1F. The number of rotatable bonds is 8. The van der Waals surface area contributed by atoms with Crippen molar-refractivity contribution in [1.82, 2.24) is 10.6 Å². The molecule has 0 aliphatic carbocycles. The summed E-state index contributed by atoms with van der Waals surface area (Å²) in [6.45, 7) is -0.558. The Kier molecular flexibility index (Phi) is 8.26. The summed E-state index contributed by atoms with van der Waals surface area (Å²) in [6.07, 6.45) is -0.215. The summed E-state index contributed by atoms with van der Waals surface area (Å²) in [5.74, 6) is -6.59. The Bertz CT molecular complexity index is 1210. The summed E-state index contributed by atoms with van der Waals surface area (Å²) in [5, 5.41) is 7.42. The van der Waals surface area contributed by atoms with Gasteiger partial charge in [-0.15, -0.1) is 0 Å². The van der Waals surface area contributed by atoms with Gasteiger partial charge >= 0.3 is 0 Å². The van der Waals surface area contributed by atoms with E-state index in [0.29, 0.717) is 11.6 Å². The Labute approximate surface area is 198 Å². The number of hydrogen-bond acceptors (Lipinski definition) is 3. The number of anilines is 1. The molecule has 0 aliphatic heterocycles. The summed E-state index contributed by atoms with van der Waals surface area (Å²) in [5.41, 5.74) is 0.317. The van der Waals surface area contributed by atoms with Crippen molar-refractivity contribution in [3.63, 3.8) is 0 Å². The van der Waals surface area contributed by atoms with Gasteiger partial charge in [-0.3, -0.25) is 14.4 Å². The highest BCUT2D eigenvalue weighted by atomic mass is 35.5. The Hall–Kier alpha value is -3.85. The third kappa shape index (κ3) is 6.35. The smallest absolute Gasteiger partial charge is 0.253 e. The third-order valence-corrected chi connectivity index (χ3v) is 5.10. The van der Waals surface area contributed by atoms with E-state index in [4.69, 9.17) is 11.6 Å². The minimum Gasteiger partial charge on any atom is -0.347 e. The van der Waals surface area contributed by atoms with Crippen molar-refractivity contribution in [2.45, 2.75) is 12.5 Å². The van der Waals surface area contributed by atoms with E-state index in [1.54, 1.807) is 54.6 Å². The highest BCUT2D eigenvalue weighted by molar-refractivity contribution is 6.33. The van der Waals surface area contributed by atoms with Crippen LogP contribution in [0.1, 0.15) is 28.4 Å². The standard InChI is InChI=1S/C24H19ClF3N3O3/c25-16-9-5-4-8-15(16)24(34)31-19(14-6-2-1-3-7-14)12-20(32)29-13-21(33)30-18-11-10-17(26)22(27)23(18)28/h1-11,19H,12-13H2,(H,29,32)(H,30,33)(H,31,34)/t19-/m1/s1. The van der Waals surface area contributed by atoms with Gasteiger partial charge in [-0.25, -0.2) is 13.2 Å². The highest BCUT2D eigenvalue weighted by Crippen LogP contribution is 2.21. The van der Waals surface area contributed by atoms with Crippen LogP contribution < -0.4 is 16.0 Å². The van der Waals surface area contributed by atoms with Crippen LogP contribution in [0.25, 0.3) is 0 Å². The fraction of sp³-hybridized carbons (Fsp3) is 0.125. The number of halogens is 4. The molecule has 3 rings (SSSR count). The molecule has 3 aromatic carbocycles. The molecule has 0 fully saturated rings. The van der Waals surface area contributed by atoms with Crippen LogP contribution in [0.2, 0.25) is 5.02 Å². The first-order valence-corrected chi connectivity index (χ1v) is 10.4. The maximum Gasteiger partial charge on any atom is 0.253 e. The molecule has 10 heteroatoms. The summed E-state index contributed by atoms with van der Waals surface area (Å²) in [6, 6.07) is 15.9. The van der Waals surface area contributed by atoms with Crippen LogP contribution in [-0.4, -0.2) is 24.3 Å². The Morgan fingerprint density at radius 3 is 2.21 bits per heavy atom. The van der Waals surface area contributed by atoms with Crippen molar-refractivity contribution in [3.8, 4) is 0 Å². The van der Waals surface area contributed by atoms with E-state index in [0.717, 1.165) is 6.07 Å². The normalized spacial score (nSPS) is 11.4. The van der Waals surface area contributed by atoms with Crippen LogP contribution in [-0.2, 0) is 9.59 Å². The van der Waals surface area contributed by atoms with Gasteiger partial charge in [-0.2, -0.15) is 0 Å². The first-order chi connectivity index (χ1) is 16.3. The number of carbonyl (C=O) groups is 3. The lowest BCUT2D eigenvalue weighted by Crippen LogP contribution is -2.37. The zero-order valence-corrected chi connectivity index (χ0v) is 18.3. The summed E-state index contributed by atoms with van der Waals surface area (Å²) in [7, 11) is 0. The molecule has 34 heavy (non-hydrogen) atoms. The summed E-state index contributed by atoms with van der Waals surface area (Å²) in [4.78, 5) is 37.2. The molecule has 0 radical (unpaired) electrons. The third-order valence-electron chi connectivity index (χ3n) is 4.77. The lowest BCUT2D eigenvalue weighted by atomic mass is 10.0. The molecule has 0 aromatic heterocycles. The van der Waals surface area contributed by atoms with Crippen molar-refractivity contribution >= 4 is 35.0 Å². The van der Waals surface area contributed by atoms with Crippen molar-refractivity contribution in [3.05, 3.63) is 100 Å². The first-order valence-electron chi connectivity index (χ1n) is 10.1. The predicted octanol–water partition coefficient (Wildman–Crippen LogP) is 4.37. The van der Waals surface area contributed by atoms with Crippen molar-refractivity contribution in [2.24, 2.45) is 0 Å². The predicted molar refractivity (Wildman–Crippen MR) is 121 cm³/mol. The van der Waals surface area contributed by atoms with Crippen LogP contribution in [0.15, 0.2) is 66.7 Å². The van der Waals surface area contributed by atoms with Crippen molar-refractivity contribution in [2.75, 3.05) is 11.9 Å². The molecule has 0 bridgehead atoms. The number of carbonyl (C=O) groups excluding carboxylic acids is 3. The fourth-order valence-corrected chi connectivity index (χ4v) is 3.29. The quantitative estimate of drug-likeness (QED) is 0.411. The molecule has 6 nitrogen and oxygen atoms in total. The number of amides is 3. The van der Waals surface area contributed by atoms with E-state index in [-0.39, 0.29) is 17.0 Å². The van der Waals surface area contributed by atoms with Gasteiger partial charge in [0, 0.05) is 0 Å². The zero-order valence-electron chi connectivity index (χ0n) is 17.6.